The summed E-state index contributed by atoms with van der Waals surface area (Å²) < 4.78 is 23.5. The first-order chi connectivity index (χ1) is 45.3. The Kier molecular flexibility index (Phi) is 55.4. The average Bonchev–Trinajstić information content (AvgIpc) is 0.837. The molecule has 6 rings (SSSR count). The molecule has 0 radical (unpaired) electrons. The van der Waals surface area contributed by atoms with E-state index in [0.717, 1.165) is 31.5 Å². The number of esters is 5. The van der Waals surface area contributed by atoms with Gasteiger partial charge in [-0.25, -0.2) is 33.6 Å². The maximum Gasteiger partial charge on any atom is 0.341 e. The molecule has 0 heterocycles. The topological polar surface area (TPSA) is 393 Å². The first-order valence-corrected chi connectivity index (χ1v) is 28.3. The van der Waals surface area contributed by atoms with Crippen LogP contribution in [0.2, 0.25) is 0 Å². The Morgan fingerprint density at radius 2 is 0.722 bits per heavy atom. The standard InChI is InChI=1S/C14H12O2.C11H10O4.C10H8.C8H12O4.C8H8.C7H10O4.C6H8O4.C3H6.3C2H4O2/c1-10(2)14(15)16-13-9-5-7-11-6-3-4-8-12(11)13;1-7(2)11(14)15-9-5-3-8(4-6-9)10(12)13;1-2-6-10-8-4-3-7-9(10)5-1;1-6(2)8(11)12-5-3-4-7(9)10;1-2-8-6-4-3-5-7-8;1-5(2)7(10)11-4-3-6(8)9;1-4(2)6(9)10-3-5(7)8;1-3-2;3*1-2(3)4/h3-9H,1H2,2H3;3-6H,1H2,2H3,(H,12,13);1-8H;1,3-5H2,2H3,(H,9,10);2-7H,1H2;1,3-4H2,2H3,(H,8,9);1,3H2,2H3,(H,7,8);3H,1H2,2H3;3*1H3,(H,3,4). The quantitative estimate of drug-likeness (QED) is 0.0105. The van der Waals surface area contributed by atoms with E-state index >= 15 is 0 Å². The van der Waals surface area contributed by atoms with Crippen molar-refractivity contribution in [3.63, 3.8) is 0 Å². The Morgan fingerprint density at radius 1 is 0.381 bits per heavy atom. The summed E-state index contributed by atoms with van der Waals surface area (Å²) >= 11 is 0. The van der Waals surface area contributed by atoms with Crippen molar-refractivity contribution in [2.45, 2.75) is 81.6 Å². The van der Waals surface area contributed by atoms with Gasteiger partial charge in [-0.2, -0.15) is 0 Å². The zero-order valence-corrected chi connectivity index (χ0v) is 55.8. The molecule has 0 atom stereocenters. The molecule has 97 heavy (non-hydrogen) atoms. The fourth-order valence-corrected chi connectivity index (χ4v) is 5.17. The number of aliphatic carboxylic acids is 6. The zero-order chi connectivity index (χ0) is 75.6. The van der Waals surface area contributed by atoms with E-state index in [4.69, 9.17) is 59.6 Å². The number of carboxylic acids is 7. The van der Waals surface area contributed by atoms with Crippen LogP contribution in [0.15, 0.2) is 226 Å². The largest absolute Gasteiger partial charge is 0.481 e. The highest BCUT2D eigenvalue weighted by Crippen LogP contribution is 2.25. The van der Waals surface area contributed by atoms with Crippen LogP contribution >= 0.6 is 0 Å². The summed E-state index contributed by atoms with van der Waals surface area (Å²) in [6, 6.07) is 45.7. The van der Waals surface area contributed by atoms with Gasteiger partial charge in [0.05, 0.1) is 18.6 Å². The minimum atomic E-state index is -1.17. The number of aromatic carboxylic acids is 1. The summed E-state index contributed by atoms with van der Waals surface area (Å²) in [5, 5.41) is 59.9. The van der Waals surface area contributed by atoms with Gasteiger partial charge in [-0.3, -0.25) is 24.0 Å². The zero-order valence-electron chi connectivity index (χ0n) is 55.8. The molecule has 522 valence electrons. The number of carboxylic acid groups (broad SMARTS) is 7. The number of hydrogen-bond acceptors (Lipinski definition) is 17. The molecule has 24 heteroatoms. The lowest BCUT2D eigenvalue weighted by Crippen LogP contribution is -2.12. The molecule has 24 nitrogen and oxygen atoms in total. The van der Waals surface area contributed by atoms with Crippen molar-refractivity contribution >= 4 is 99.3 Å². The maximum absolute atomic E-state index is 11.4. The molecule has 6 aromatic carbocycles. The second kappa shape index (κ2) is 57.6. The summed E-state index contributed by atoms with van der Waals surface area (Å²) in [5.74, 6) is -8.31. The molecule has 0 aliphatic carbocycles. The number of carbonyl (C=O) groups is 12. The number of benzene rings is 6. The van der Waals surface area contributed by atoms with E-state index in [9.17, 15) is 43.2 Å². The van der Waals surface area contributed by atoms with Crippen LogP contribution in [0.3, 0.4) is 0 Å². The van der Waals surface area contributed by atoms with Crippen molar-refractivity contribution in [1.29, 1.82) is 0 Å². The highest BCUT2D eigenvalue weighted by atomic mass is 16.6. The van der Waals surface area contributed by atoms with Crippen LogP contribution < -0.4 is 9.47 Å². The molecule has 0 unspecified atom stereocenters. The van der Waals surface area contributed by atoms with E-state index in [-0.39, 0.29) is 48.3 Å². The molecule has 0 fully saturated rings. The lowest BCUT2D eigenvalue weighted by Gasteiger charge is -2.06. The van der Waals surface area contributed by atoms with Crippen LogP contribution in [0.25, 0.3) is 27.6 Å². The predicted molar refractivity (Wildman–Crippen MR) is 369 cm³/mol. The molecule has 0 saturated carbocycles. The van der Waals surface area contributed by atoms with Crippen LogP contribution in [0.1, 0.15) is 97.5 Å². The van der Waals surface area contributed by atoms with Gasteiger partial charge >= 0.3 is 53.7 Å². The van der Waals surface area contributed by atoms with E-state index in [1.165, 1.54) is 61.4 Å². The normalized spacial score (nSPS) is 8.75. The van der Waals surface area contributed by atoms with Gasteiger partial charge in [-0.1, -0.05) is 167 Å². The molecular weight excluding hydrogens is 1260 g/mol. The first kappa shape index (κ1) is 93.4. The third-order valence-electron chi connectivity index (χ3n) is 9.34. The molecule has 0 aliphatic heterocycles. The van der Waals surface area contributed by atoms with E-state index in [2.05, 4.69) is 109 Å². The van der Waals surface area contributed by atoms with E-state index in [0.29, 0.717) is 29.1 Å². The first-order valence-electron chi connectivity index (χ1n) is 28.3. The van der Waals surface area contributed by atoms with Crippen molar-refractivity contribution in [1.82, 2.24) is 0 Å². The van der Waals surface area contributed by atoms with Crippen LogP contribution in [-0.4, -0.2) is 127 Å². The summed E-state index contributed by atoms with van der Waals surface area (Å²) in [6.07, 6.45) is 3.77. The van der Waals surface area contributed by atoms with Crippen molar-refractivity contribution in [3.05, 3.63) is 237 Å². The number of hydrogen-bond donors (Lipinski definition) is 7. The molecular formula is C73H86O24. The smallest absolute Gasteiger partial charge is 0.341 e. The van der Waals surface area contributed by atoms with Gasteiger partial charge < -0.3 is 59.4 Å². The monoisotopic (exact) mass is 1350 g/mol. The van der Waals surface area contributed by atoms with Crippen molar-refractivity contribution < 1.29 is 117 Å². The van der Waals surface area contributed by atoms with Crippen molar-refractivity contribution in [3.8, 4) is 11.5 Å². The van der Waals surface area contributed by atoms with Gasteiger partial charge in [0, 0.05) is 60.4 Å². The van der Waals surface area contributed by atoms with Crippen LogP contribution in [0.5, 0.6) is 11.5 Å². The second-order valence-electron chi connectivity index (χ2n) is 18.8. The Labute approximate surface area is 563 Å². The van der Waals surface area contributed by atoms with Gasteiger partial charge in [-0.05, 0) is 100 Å². The second-order valence-corrected chi connectivity index (χ2v) is 18.8. The van der Waals surface area contributed by atoms with Gasteiger partial charge in [0.2, 0.25) is 0 Å². The van der Waals surface area contributed by atoms with E-state index < -0.39 is 78.2 Å². The Balaban J connectivity index is -0.000000330. The third kappa shape index (κ3) is 59.7. The highest BCUT2D eigenvalue weighted by molar-refractivity contribution is 5.95. The maximum atomic E-state index is 11.4. The van der Waals surface area contributed by atoms with Crippen LogP contribution in [-0.2, 0) is 67.0 Å². The number of ether oxygens (including phenoxy) is 5. The summed E-state index contributed by atoms with van der Waals surface area (Å²) in [4.78, 5) is 122. The molecule has 0 bridgehead atoms. The number of allylic oxidation sites excluding steroid dienone is 1. The predicted octanol–water partition coefficient (Wildman–Crippen LogP) is 13.6. The van der Waals surface area contributed by atoms with Crippen LogP contribution in [0.4, 0.5) is 0 Å². The molecule has 0 aromatic heterocycles. The number of carbonyl (C=O) groups excluding carboxylic acids is 5. The van der Waals surface area contributed by atoms with Crippen LogP contribution in [0, 0.1) is 0 Å². The minimum Gasteiger partial charge on any atom is -0.481 e. The third-order valence-corrected chi connectivity index (χ3v) is 9.34. The molecule has 0 aliphatic rings. The van der Waals surface area contributed by atoms with Gasteiger partial charge in [0.15, 0.2) is 6.61 Å². The fraction of sp³-hybridized carbons (Fsp3) is 0.205. The van der Waals surface area contributed by atoms with Gasteiger partial charge in [0.1, 0.15) is 18.1 Å². The number of fused-ring (bicyclic) bond motifs is 2. The van der Waals surface area contributed by atoms with Gasteiger partial charge in [0.25, 0.3) is 17.9 Å². The average molecular weight is 1350 g/mol. The summed E-state index contributed by atoms with van der Waals surface area (Å²) in [5.41, 5.74) is 2.80. The number of rotatable bonds is 18. The molecule has 6 aromatic rings. The molecule has 0 spiro atoms. The Hall–Kier alpha value is -12.3. The van der Waals surface area contributed by atoms with Crippen molar-refractivity contribution in [2.24, 2.45) is 0 Å². The molecule has 0 amide bonds. The van der Waals surface area contributed by atoms with E-state index in [1.807, 2.05) is 79.7 Å². The lowest BCUT2D eigenvalue weighted by atomic mass is 10.1. The van der Waals surface area contributed by atoms with E-state index in [1.54, 1.807) is 26.0 Å². The Bertz CT molecular complexity index is 3450. The Morgan fingerprint density at radius 3 is 1.07 bits per heavy atom. The lowest BCUT2D eigenvalue weighted by molar-refractivity contribution is -0.152. The summed E-state index contributed by atoms with van der Waals surface area (Å²) in [7, 11) is 0. The highest BCUT2D eigenvalue weighted by Gasteiger charge is 2.10. The van der Waals surface area contributed by atoms with Crippen molar-refractivity contribution in [2.75, 3.05) is 19.8 Å². The summed E-state index contributed by atoms with van der Waals surface area (Å²) in [6.45, 7) is 36.2. The molecule has 7 N–H and O–H groups in total. The molecule has 0 saturated heterocycles. The SMILES string of the molecule is C=C(C)C(=O)OCC(=O)O.C=C(C)C(=O)OCCC(=O)O.C=C(C)C(=O)OCCCC(=O)O.C=C(C)C(=O)Oc1ccc(C(=O)O)cc1.C=C(C)C(=O)Oc1cccc2ccccc12.C=CC.C=Cc1ccccc1.CC(=O)O.CC(=O)O.CC(=O)O.c1ccc2ccccc2c1. The van der Waals surface area contributed by atoms with Gasteiger partial charge in [-0.15, -0.1) is 6.58 Å². The fourth-order valence-electron chi connectivity index (χ4n) is 5.17. The minimum absolute atomic E-state index is 0.0173.